The SMILES string of the molecule is CC.CC.CC12CCC(=O)C=C1CCC1C2CCC2(C)C(O)CCC12. The molecule has 0 aromatic rings. The van der Waals surface area contributed by atoms with Crippen molar-refractivity contribution in [1.29, 1.82) is 0 Å². The van der Waals surface area contributed by atoms with Gasteiger partial charge in [0.1, 0.15) is 0 Å². The average Bonchev–Trinajstić information content (AvgIpc) is 2.94. The van der Waals surface area contributed by atoms with Crippen LogP contribution in [0.1, 0.15) is 92.9 Å². The number of carbonyl (C=O) groups is 1. The quantitative estimate of drug-likeness (QED) is 0.589. The van der Waals surface area contributed by atoms with E-state index in [1.54, 1.807) is 0 Å². The molecule has 0 spiro atoms. The maximum absolute atomic E-state index is 11.8. The molecule has 0 saturated heterocycles. The molecule has 25 heavy (non-hydrogen) atoms. The van der Waals surface area contributed by atoms with E-state index in [0.717, 1.165) is 37.5 Å². The number of aliphatic hydroxyl groups is 1. The van der Waals surface area contributed by atoms with Crippen molar-refractivity contribution in [2.75, 3.05) is 0 Å². The summed E-state index contributed by atoms with van der Waals surface area (Å²) in [6.07, 6.45) is 10.7. The highest BCUT2D eigenvalue weighted by Crippen LogP contribution is 2.65. The van der Waals surface area contributed by atoms with Gasteiger partial charge in [-0.2, -0.15) is 0 Å². The molecule has 6 unspecified atom stereocenters. The molecule has 0 aliphatic heterocycles. The van der Waals surface area contributed by atoms with Gasteiger partial charge >= 0.3 is 0 Å². The standard InChI is InChI=1S/C19H28O2.2C2H6/c1-18-9-7-13(20)11-12(18)3-4-14-15-5-6-17(21)19(15,2)10-8-16(14)18;2*1-2/h11,14-17,21H,3-10H2,1-2H3;2*1-2H3. The van der Waals surface area contributed by atoms with Gasteiger partial charge in [0.25, 0.3) is 0 Å². The maximum atomic E-state index is 11.8. The molecule has 2 nitrogen and oxygen atoms in total. The van der Waals surface area contributed by atoms with Crippen molar-refractivity contribution in [3.63, 3.8) is 0 Å². The summed E-state index contributed by atoms with van der Waals surface area (Å²) < 4.78 is 0. The third kappa shape index (κ3) is 3.24. The van der Waals surface area contributed by atoms with Gasteiger partial charge in [0.05, 0.1) is 6.10 Å². The topological polar surface area (TPSA) is 37.3 Å². The van der Waals surface area contributed by atoms with Crippen LogP contribution in [0.15, 0.2) is 11.6 Å². The van der Waals surface area contributed by atoms with Gasteiger partial charge in [-0.3, -0.25) is 4.79 Å². The van der Waals surface area contributed by atoms with Crippen molar-refractivity contribution < 1.29 is 9.90 Å². The van der Waals surface area contributed by atoms with E-state index in [1.807, 2.05) is 33.8 Å². The van der Waals surface area contributed by atoms with Crippen LogP contribution in [0.25, 0.3) is 0 Å². The molecule has 3 saturated carbocycles. The monoisotopic (exact) mass is 348 g/mol. The van der Waals surface area contributed by atoms with Gasteiger partial charge in [0.15, 0.2) is 5.78 Å². The van der Waals surface area contributed by atoms with Gasteiger partial charge in [0.2, 0.25) is 0 Å². The van der Waals surface area contributed by atoms with E-state index in [-0.39, 0.29) is 16.9 Å². The van der Waals surface area contributed by atoms with Crippen LogP contribution in [-0.2, 0) is 4.79 Å². The Bertz CT molecular complexity index is 508. The van der Waals surface area contributed by atoms with Gasteiger partial charge < -0.3 is 5.11 Å². The highest BCUT2D eigenvalue weighted by atomic mass is 16.3. The molecule has 6 atom stereocenters. The lowest BCUT2D eigenvalue weighted by molar-refractivity contribution is -0.118. The molecule has 4 aliphatic carbocycles. The van der Waals surface area contributed by atoms with Crippen molar-refractivity contribution in [2.24, 2.45) is 28.6 Å². The Morgan fingerprint density at radius 2 is 1.60 bits per heavy atom. The Kier molecular flexibility index (Phi) is 6.57. The van der Waals surface area contributed by atoms with E-state index in [9.17, 15) is 9.90 Å². The van der Waals surface area contributed by atoms with E-state index in [2.05, 4.69) is 13.8 Å². The van der Waals surface area contributed by atoms with E-state index >= 15 is 0 Å². The molecule has 0 aromatic carbocycles. The minimum absolute atomic E-state index is 0.0823. The molecule has 0 bridgehead atoms. The average molecular weight is 349 g/mol. The molecule has 4 rings (SSSR count). The summed E-state index contributed by atoms with van der Waals surface area (Å²) in [6.45, 7) is 12.8. The molecular formula is C23H40O2. The minimum atomic E-state index is -0.0823. The number of aliphatic hydroxyl groups excluding tert-OH is 1. The summed E-state index contributed by atoms with van der Waals surface area (Å²) in [6, 6.07) is 0. The second kappa shape index (κ2) is 7.94. The lowest BCUT2D eigenvalue weighted by Gasteiger charge is -2.57. The predicted octanol–water partition coefficient (Wildman–Crippen LogP) is 5.93. The van der Waals surface area contributed by atoms with Crippen LogP contribution in [0.3, 0.4) is 0 Å². The fraction of sp³-hybridized carbons (Fsp3) is 0.870. The van der Waals surface area contributed by atoms with Crippen LogP contribution in [0.4, 0.5) is 0 Å². The number of fused-ring (bicyclic) bond motifs is 5. The van der Waals surface area contributed by atoms with Gasteiger partial charge in [-0.1, -0.05) is 47.1 Å². The highest BCUT2D eigenvalue weighted by Gasteiger charge is 2.58. The first-order valence-electron chi connectivity index (χ1n) is 10.9. The first-order valence-corrected chi connectivity index (χ1v) is 10.9. The largest absolute Gasteiger partial charge is 0.393 e. The number of allylic oxidation sites excluding steroid dienone is 1. The van der Waals surface area contributed by atoms with E-state index in [1.165, 1.54) is 31.3 Å². The third-order valence-electron chi connectivity index (χ3n) is 7.91. The fourth-order valence-corrected chi connectivity index (χ4v) is 6.53. The predicted molar refractivity (Wildman–Crippen MR) is 105 cm³/mol. The Morgan fingerprint density at radius 1 is 0.920 bits per heavy atom. The van der Waals surface area contributed by atoms with Crippen molar-refractivity contribution >= 4 is 5.78 Å². The Morgan fingerprint density at radius 3 is 2.28 bits per heavy atom. The summed E-state index contributed by atoms with van der Waals surface area (Å²) in [5.74, 6) is 2.57. The molecule has 0 radical (unpaired) electrons. The van der Waals surface area contributed by atoms with Gasteiger partial charge in [-0.15, -0.1) is 0 Å². The zero-order valence-corrected chi connectivity index (χ0v) is 17.4. The first kappa shape index (κ1) is 20.7. The summed E-state index contributed by atoms with van der Waals surface area (Å²) in [5, 5.41) is 10.4. The van der Waals surface area contributed by atoms with E-state index < -0.39 is 0 Å². The molecule has 3 fully saturated rings. The molecule has 0 aromatic heterocycles. The Hall–Kier alpha value is -0.630. The molecule has 0 heterocycles. The van der Waals surface area contributed by atoms with Crippen molar-refractivity contribution in [1.82, 2.24) is 0 Å². The number of rotatable bonds is 0. The smallest absolute Gasteiger partial charge is 0.155 e. The lowest BCUT2D eigenvalue weighted by atomic mass is 9.47. The molecule has 1 N–H and O–H groups in total. The second-order valence-electron chi connectivity index (χ2n) is 8.61. The fourth-order valence-electron chi connectivity index (χ4n) is 6.53. The summed E-state index contributed by atoms with van der Waals surface area (Å²) >= 11 is 0. The van der Waals surface area contributed by atoms with Crippen LogP contribution < -0.4 is 0 Å². The molecule has 4 aliphatic rings. The number of hydrogen-bond acceptors (Lipinski definition) is 2. The van der Waals surface area contributed by atoms with Crippen LogP contribution in [0.2, 0.25) is 0 Å². The van der Waals surface area contributed by atoms with Gasteiger partial charge in [-0.25, -0.2) is 0 Å². The first-order chi connectivity index (χ1) is 11.9. The van der Waals surface area contributed by atoms with Crippen molar-refractivity contribution in [3.8, 4) is 0 Å². The second-order valence-corrected chi connectivity index (χ2v) is 8.61. The minimum Gasteiger partial charge on any atom is -0.393 e. The molecule has 0 amide bonds. The third-order valence-corrected chi connectivity index (χ3v) is 7.91. The molecule has 2 heteroatoms. The van der Waals surface area contributed by atoms with Crippen molar-refractivity contribution in [2.45, 2.75) is 99.0 Å². The summed E-state index contributed by atoms with van der Waals surface area (Å²) in [7, 11) is 0. The van der Waals surface area contributed by atoms with Crippen LogP contribution in [-0.4, -0.2) is 17.0 Å². The van der Waals surface area contributed by atoms with Gasteiger partial charge in [0, 0.05) is 6.42 Å². The maximum Gasteiger partial charge on any atom is 0.155 e. The van der Waals surface area contributed by atoms with Crippen LogP contribution in [0.5, 0.6) is 0 Å². The van der Waals surface area contributed by atoms with E-state index in [4.69, 9.17) is 0 Å². The lowest BCUT2D eigenvalue weighted by Crippen LogP contribution is -2.51. The number of hydrogen-bond donors (Lipinski definition) is 1. The number of carbonyl (C=O) groups excluding carboxylic acids is 1. The summed E-state index contributed by atoms with van der Waals surface area (Å²) in [4.78, 5) is 11.8. The molecule has 144 valence electrons. The van der Waals surface area contributed by atoms with Crippen molar-refractivity contribution in [3.05, 3.63) is 11.6 Å². The molecular weight excluding hydrogens is 308 g/mol. The number of ketones is 1. The Balaban J connectivity index is 0.000000528. The van der Waals surface area contributed by atoms with E-state index in [0.29, 0.717) is 11.7 Å². The van der Waals surface area contributed by atoms with Gasteiger partial charge in [-0.05, 0) is 79.6 Å². The van der Waals surface area contributed by atoms with Crippen LogP contribution >= 0.6 is 0 Å². The summed E-state index contributed by atoms with van der Waals surface area (Å²) in [5.41, 5.74) is 1.89. The highest BCUT2D eigenvalue weighted by molar-refractivity contribution is 5.91. The zero-order chi connectivity index (χ0) is 18.8. The Labute approximate surface area is 155 Å². The normalized spacial score (nSPS) is 44.8. The zero-order valence-electron chi connectivity index (χ0n) is 17.4. The van der Waals surface area contributed by atoms with Crippen LogP contribution in [0, 0.1) is 28.6 Å².